The maximum absolute atomic E-state index is 12.2. The first-order valence-corrected chi connectivity index (χ1v) is 6.85. The number of rotatable bonds is 3. The van der Waals surface area contributed by atoms with E-state index in [2.05, 4.69) is 0 Å². The van der Waals surface area contributed by atoms with Gasteiger partial charge in [0, 0.05) is 25.9 Å². The number of para-hydroxylation sites is 2. The summed E-state index contributed by atoms with van der Waals surface area (Å²) in [6.45, 7) is 0.636. The normalized spacial score (nSPS) is 19.4. The van der Waals surface area contributed by atoms with Crippen molar-refractivity contribution in [3.8, 4) is 0 Å². The molecule has 0 aliphatic heterocycles. The van der Waals surface area contributed by atoms with Crippen LogP contribution in [0.3, 0.4) is 0 Å². The summed E-state index contributed by atoms with van der Waals surface area (Å²) in [4.78, 5) is 23.9. The molecule has 1 aliphatic carbocycles. The second kappa shape index (κ2) is 4.68. The molecule has 0 spiro atoms. The van der Waals surface area contributed by atoms with Gasteiger partial charge in [0.25, 0.3) is 0 Å². The number of aromatic nitrogens is 2. The maximum Gasteiger partial charge on any atom is 0.328 e. The minimum absolute atomic E-state index is 0.00615. The van der Waals surface area contributed by atoms with Gasteiger partial charge < -0.3 is 0 Å². The molecule has 1 aromatic carbocycles. The molecule has 0 amide bonds. The Labute approximate surface area is 111 Å². The summed E-state index contributed by atoms with van der Waals surface area (Å²) < 4.78 is 3.47. The van der Waals surface area contributed by atoms with Gasteiger partial charge in [-0.2, -0.15) is 0 Å². The van der Waals surface area contributed by atoms with E-state index in [1.807, 2.05) is 24.3 Å². The van der Waals surface area contributed by atoms with Crippen molar-refractivity contribution in [3.05, 3.63) is 34.7 Å². The average molecular weight is 258 g/mol. The minimum Gasteiger partial charge on any atom is -0.299 e. The van der Waals surface area contributed by atoms with Crippen molar-refractivity contribution in [3.63, 3.8) is 0 Å². The predicted octanol–water partition coefficient (Wildman–Crippen LogP) is 2.10. The van der Waals surface area contributed by atoms with Gasteiger partial charge in [-0.1, -0.05) is 12.1 Å². The first kappa shape index (κ1) is 12.2. The largest absolute Gasteiger partial charge is 0.328 e. The van der Waals surface area contributed by atoms with E-state index in [1.165, 1.54) is 0 Å². The Morgan fingerprint density at radius 2 is 1.95 bits per heavy atom. The molecule has 0 radical (unpaired) electrons. The second-order valence-electron chi connectivity index (χ2n) is 5.33. The van der Waals surface area contributed by atoms with Crippen molar-refractivity contribution in [1.82, 2.24) is 9.13 Å². The summed E-state index contributed by atoms with van der Waals surface area (Å²) >= 11 is 0. The van der Waals surface area contributed by atoms with E-state index in [0.717, 1.165) is 36.7 Å². The molecule has 0 saturated heterocycles. The first-order chi connectivity index (χ1) is 9.18. The molecule has 1 aromatic heterocycles. The van der Waals surface area contributed by atoms with Crippen LogP contribution in [0.25, 0.3) is 11.0 Å². The molecule has 0 N–H and O–H groups in total. The van der Waals surface area contributed by atoms with E-state index < -0.39 is 0 Å². The van der Waals surface area contributed by atoms with Crippen LogP contribution in [0.4, 0.5) is 0 Å². The topological polar surface area (TPSA) is 44.0 Å². The fourth-order valence-corrected chi connectivity index (χ4v) is 3.06. The second-order valence-corrected chi connectivity index (χ2v) is 5.33. The van der Waals surface area contributed by atoms with E-state index in [-0.39, 0.29) is 11.6 Å². The Balaban J connectivity index is 1.90. The van der Waals surface area contributed by atoms with Gasteiger partial charge in [0.2, 0.25) is 0 Å². The number of aryl methyl sites for hydroxylation is 2. The number of fused-ring (bicyclic) bond motifs is 1. The van der Waals surface area contributed by atoms with Crippen molar-refractivity contribution >= 4 is 16.8 Å². The van der Waals surface area contributed by atoms with Crippen LogP contribution in [0.15, 0.2) is 29.1 Å². The molecule has 1 unspecified atom stereocenters. The summed E-state index contributed by atoms with van der Waals surface area (Å²) in [5.74, 6) is 0.527. The quantitative estimate of drug-likeness (QED) is 0.846. The van der Waals surface area contributed by atoms with Crippen LogP contribution in [0, 0.1) is 5.92 Å². The number of nitrogens with zero attached hydrogens (tertiary/aromatic N) is 2. The summed E-state index contributed by atoms with van der Waals surface area (Å²) in [6.07, 6.45) is 3.49. The number of Topliss-reactive ketones (excluding diaryl/α,β-unsaturated/α-hetero) is 1. The van der Waals surface area contributed by atoms with Gasteiger partial charge in [0.15, 0.2) is 0 Å². The number of benzene rings is 1. The van der Waals surface area contributed by atoms with Crippen LogP contribution >= 0.6 is 0 Å². The van der Waals surface area contributed by atoms with E-state index in [0.29, 0.717) is 12.3 Å². The van der Waals surface area contributed by atoms with E-state index in [4.69, 9.17) is 0 Å². The zero-order chi connectivity index (χ0) is 13.4. The molecule has 1 atom stereocenters. The molecule has 2 aromatic rings. The fraction of sp³-hybridized carbons (Fsp3) is 0.467. The molecule has 1 fully saturated rings. The van der Waals surface area contributed by atoms with Gasteiger partial charge in [-0.3, -0.25) is 13.9 Å². The third kappa shape index (κ3) is 2.01. The highest BCUT2D eigenvalue weighted by Gasteiger charge is 2.24. The van der Waals surface area contributed by atoms with Crippen LogP contribution in [-0.2, 0) is 18.4 Å². The third-order valence-electron chi connectivity index (χ3n) is 4.18. The average Bonchev–Trinajstić information content (AvgIpc) is 2.93. The maximum atomic E-state index is 12.2. The number of ketones is 1. The Hall–Kier alpha value is -1.84. The smallest absolute Gasteiger partial charge is 0.299 e. The monoisotopic (exact) mass is 258 g/mol. The fourth-order valence-electron chi connectivity index (χ4n) is 3.06. The molecule has 4 nitrogen and oxygen atoms in total. The number of carbonyl (C=O) groups excluding carboxylic acids is 1. The molecule has 3 rings (SSSR count). The van der Waals surface area contributed by atoms with Crippen molar-refractivity contribution in [2.75, 3.05) is 0 Å². The minimum atomic E-state index is 0.00615. The number of hydrogen-bond acceptors (Lipinski definition) is 2. The SMILES string of the molecule is Cn1c(=O)n(CCC2CCCC2=O)c2ccccc21. The zero-order valence-electron chi connectivity index (χ0n) is 11.1. The summed E-state index contributed by atoms with van der Waals surface area (Å²) in [7, 11) is 1.79. The van der Waals surface area contributed by atoms with Crippen LogP contribution in [0.5, 0.6) is 0 Å². The molecular formula is C15H18N2O2. The highest BCUT2D eigenvalue weighted by molar-refractivity contribution is 5.82. The van der Waals surface area contributed by atoms with Gasteiger partial charge in [0.1, 0.15) is 5.78 Å². The highest BCUT2D eigenvalue weighted by Crippen LogP contribution is 2.25. The Morgan fingerprint density at radius 1 is 1.21 bits per heavy atom. The molecule has 19 heavy (non-hydrogen) atoms. The Bertz CT molecular complexity index is 681. The lowest BCUT2D eigenvalue weighted by molar-refractivity contribution is -0.120. The van der Waals surface area contributed by atoms with Crippen molar-refractivity contribution in [1.29, 1.82) is 0 Å². The molecule has 1 heterocycles. The number of carbonyl (C=O) groups is 1. The van der Waals surface area contributed by atoms with Gasteiger partial charge >= 0.3 is 5.69 Å². The predicted molar refractivity (Wildman–Crippen MR) is 74.1 cm³/mol. The van der Waals surface area contributed by atoms with Crippen LogP contribution in [-0.4, -0.2) is 14.9 Å². The van der Waals surface area contributed by atoms with Gasteiger partial charge in [-0.05, 0) is 31.4 Å². The van der Waals surface area contributed by atoms with Crippen molar-refractivity contribution in [2.45, 2.75) is 32.2 Å². The molecule has 0 bridgehead atoms. The Morgan fingerprint density at radius 3 is 2.63 bits per heavy atom. The lowest BCUT2D eigenvalue weighted by atomic mass is 10.0. The van der Waals surface area contributed by atoms with Crippen molar-refractivity contribution < 1.29 is 4.79 Å². The van der Waals surface area contributed by atoms with E-state index in [1.54, 1.807) is 16.2 Å². The first-order valence-electron chi connectivity index (χ1n) is 6.85. The lowest BCUT2D eigenvalue weighted by Gasteiger charge is -2.08. The van der Waals surface area contributed by atoms with Crippen molar-refractivity contribution in [2.24, 2.45) is 13.0 Å². The van der Waals surface area contributed by atoms with Gasteiger partial charge in [0.05, 0.1) is 11.0 Å². The standard InChI is InChI=1S/C15H18N2O2/c1-16-12-6-2-3-7-13(12)17(15(16)19)10-9-11-5-4-8-14(11)18/h2-3,6-7,11H,4-5,8-10H2,1H3. The molecular weight excluding hydrogens is 240 g/mol. The summed E-state index contributed by atoms with van der Waals surface area (Å²) in [5.41, 5.74) is 1.91. The van der Waals surface area contributed by atoms with Crippen LogP contribution in [0.2, 0.25) is 0 Å². The lowest BCUT2D eigenvalue weighted by Crippen LogP contribution is -2.23. The summed E-state index contributed by atoms with van der Waals surface area (Å²) in [5, 5.41) is 0. The van der Waals surface area contributed by atoms with Gasteiger partial charge in [-0.25, -0.2) is 4.79 Å². The zero-order valence-corrected chi connectivity index (χ0v) is 11.1. The molecule has 1 saturated carbocycles. The van der Waals surface area contributed by atoms with Crippen LogP contribution < -0.4 is 5.69 Å². The Kier molecular flexibility index (Phi) is 3.01. The summed E-state index contributed by atoms with van der Waals surface area (Å²) in [6, 6.07) is 7.80. The van der Waals surface area contributed by atoms with E-state index >= 15 is 0 Å². The number of imidazole rings is 1. The van der Waals surface area contributed by atoms with Crippen LogP contribution in [0.1, 0.15) is 25.7 Å². The third-order valence-corrected chi connectivity index (χ3v) is 4.18. The molecule has 1 aliphatic rings. The molecule has 100 valence electrons. The molecule has 4 heteroatoms. The van der Waals surface area contributed by atoms with Gasteiger partial charge in [-0.15, -0.1) is 0 Å². The van der Waals surface area contributed by atoms with E-state index in [9.17, 15) is 9.59 Å². The highest BCUT2D eigenvalue weighted by atomic mass is 16.1. The number of hydrogen-bond donors (Lipinski definition) is 0.